The average Bonchev–Trinajstić information content (AvgIpc) is 3.01. The Morgan fingerprint density at radius 2 is 2.29 bits per heavy atom. The summed E-state index contributed by atoms with van der Waals surface area (Å²) in [4.78, 5) is 6.88. The largest absolute Gasteiger partial charge is 0.496 e. The molecule has 1 aliphatic heterocycles. The van der Waals surface area contributed by atoms with Crippen LogP contribution < -0.4 is 10.1 Å². The molecule has 1 unspecified atom stereocenters. The fourth-order valence-electron chi connectivity index (χ4n) is 2.71. The Morgan fingerprint density at radius 3 is 3.05 bits per heavy atom. The number of hydrogen-bond acceptors (Lipinski definition) is 5. The zero-order valence-corrected chi connectivity index (χ0v) is 13.6. The van der Waals surface area contributed by atoms with Gasteiger partial charge in [0, 0.05) is 37.1 Å². The molecule has 0 radical (unpaired) electrons. The number of thiazole rings is 1. The average molecular weight is 326 g/mol. The van der Waals surface area contributed by atoms with Crippen LogP contribution in [0.25, 0.3) is 0 Å². The van der Waals surface area contributed by atoms with Gasteiger partial charge >= 0.3 is 0 Å². The standard InChI is InChI=1S/C15H19N3OS.ClH/c1-19-15-5-3-2-4-13(15)14-8-16-6-7-18(14)9-12-10-20-11-17-12;/h2-5,10-11,14,16H,6-9H2,1H3;1H. The summed E-state index contributed by atoms with van der Waals surface area (Å²) in [5.74, 6) is 0.962. The smallest absolute Gasteiger partial charge is 0.123 e. The molecule has 0 saturated carbocycles. The van der Waals surface area contributed by atoms with Crippen molar-refractivity contribution in [1.29, 1.82) is 0 Å². The first kappa shape index (κ1) is 16.2. The molecule has 1 saturated heterocycles. The summed E-state index contributed by atoms with van der Waals surface area (Å²) in [5, 5.41) is 5.61. The molecule has 0 bridgehead atoms. The first-order chi connectivity index (χ1) is 9.88. The Labute approximate surface area is 135 Å². The third-order valence-corrected chi connectivity index (χ3v) is 4.34. The van der Waals surface area contributed by atoms with Gasteiger partial charge in [-0.25, -0.2) is 4.98 Å². The summed E-state index contributed by atoms with van der Waals surface area (Å²) in [6, 6.07) is 8.62. The van der Waals surface area contributed by atoms with E-state index in [9.17, 15) is 0 Å². The number of benzene rings is 1. The van der Waals surface area contributed by atoms with Crippen LogP contribution in [0.1, 0.15) is 17.3 Å². The molecular formula is C15H20ClN3OS. The number of nitrogens with zero attached hydrogens (tertiary/aromatic N) is 2. The Bertz CT molecular complexity index is 550. The minimum Gasteiger partial charge on any atom is -0.496 e. The Hall–Kier alpha value is -1.14. The summed E-state index contributed by atoms with van der Waals surface area (Å²) in [5.41, 5.74) is 4.30. The number of nitrogens with one attached hydrogen (secondary N) is 1. The van der Waals surface area contributed by atoms with Crippen LogP contribution in [-0.4, -0.2) is 36.6 Å². The second-order valence-electron chi connectivity index (χ2n) is 4.91. The van der Waals surface area contributed by atoms with Crippen LogP contribution in [0, 0.1) is 0 Å². The number of hydrogen-bond donors (Lipinski definition) is 1. The van der Waals surface area contributed by atoms with Gasteiger partial charge < -0.3 is 10.1 Å². The molecule has 1 N–H and O–H groups in total. The number of methoxy groups -OCH3 is 1. The van der Waals surface area contributed by atoms with Gasteiger partial charge in [-0.15, -0.1) is 23.7 Å². The van der Waals surface area contributed by atoms with Crippen molar-refractivity contribution in [3.05, 3.63) is 46.4 Å². The van der Waals surface area contributed by atoms with Crippen molar-refractivity contribution in [3.8, 4) is 5.75 Å². The van der Waals surface area contributed by atoms with Crippen molar-refractivity contribution in [2.75, 3.05) is 26.7 Å². The Balaban J connectivity index is 0.00000161. The van der Waals surface area contributed by atoms with Gasteiger partial charge in [0.05, 0.1) is 24.4 Å². The number of piperazine rings is 1. The quantitative estimate of drug-likeness (QED) is 0.938. The summed E-state index contributed by atoms with van der Waals surface area (Å²) in [7, 11) is 1.74. The number of ether oxygens (including phenoxy) is 1. The van der Waals surface area contributed by atoms with Crippen LogP contribution in [-0.2, 0) is 6.54 Å². The predicted molar refractivity (Wildman–Crippen MR) is 88.4 cm³/mol. The second-order valence-corrected chi connectivity index (χ2v) is 5.63. The van der Waals surface area contributed by atoms with E-state index in [0.29, 0.717) is 6.04 Å². The molecule has 1 aromatic heterocycles. The lowest BCUT2D eigenvalue weighted by molar-refractivity contribution is 0.149. The monoisotopic (exact) mass is 325 g/mol. The molecule has 2 aromatic rings. The molecule has 2 heterocycles. The number of rotatable bonds is 4. The highest BCUT2D eigenvalue weighted by atomic mass is 35.5. The minimum atomic E-state index is 0. The molecule has 0 aliphatic carbocycles. The van der Waals surface area contributed by atoms with E-state index in [1.807, 2.05) is 17.6 Å². The highest BCUT2D eigenvalue weighted by Gasteiger charge is 2.26. The number of aromatic nitrogens is 1. The summed E-state index contributed by atoms with van der Waals surface area (Å²) >= 11 is 1.65. The first-order valence-electron chi connectivity index (χ1n) is 6.83. The van der Waals surface area contributed by atoms with E-state index in [0.717, 1.165) is 37.6 Å². The molecule has 0 amide bonds. The van der Waals surface area contributed by atoms with E-state index >= 15 is 0 Å². The fourth-order valence-corrected chi connectivity index (χ4v) is 3.26. The SMILES string of the molecule is COc1ccccc1C1CNCCN1Cc1cscn1.Cl. The molecule has 0 spiro atoms. The zero-order chi connectivity index (χ0) is 13.8. The molecular weight excluding hydrogens is 306 g/mol. The van der Waals surface area contributed by atoms with Gasteiger partial charge in [0.2, 0.25) is 0 Å². The summed E-state index contributed by atoms with van der Waals surface area (Å²) < 4.78 is 5.51. The van der Waals surface area contributed by atoms with Gasteiger partial charge in [-0.2, -0.15) is 0 Å². The molecule has 1 atom stereocenters. The van der Waals surface area contributed by atoms with Gasteiger partial charge in [0.25, 0.3) is 0 Å². The van der Waals surface area contributed by atoms with Crippen molar-refractivity contribution in [2.45, 2.75) is 12.6 Å². The predicted octanol–water partition coefficient (Wildman–Crippen LogP) is 2.72. The Kier molecular flexibility index (Phi) is 5.99. The maximum atomic E-state index is 5.51. The van der Waals surface area contributed by atoms with E-state index < -0.39 is 0 Å². The van der Waals surface area contributed by atoms with Gasteiger partial charge in [-0.3, -0.25) is 4.90 Å². The maximum absolute atomic E-state index is 5.51. The van der Waals surface area contributed by atoms with E-state index in [4.69, 9.17) is 4.74 Å². The first-order valence-corrected chi connectivity index (χ1v) is 7.77. The van der Waals surface area contributed by atoms with Crippen LogP contribution >= 0.6 is 23.7 Å². The molecule has 3 rings (SSSR count). The van der Waals surface area contributed by atoms with Crippen molar-refractivity contribution in [1.82, 2.24) is 15.2 Å². The van der Waals surface area contributed by atoms with E-state index in [-0.39, 0.29) is 12.4 Å². The maximum Gasteiger partial charge on any atom is 0.123 e. The van der Waals surface area contributed by atoms with Gasteiger partial charge in [-0.1, -0.05) is 18.2 Å². The normalized spacial score (nSPS) is 19.0. The van der Waals surface area contributed by atoms with Gasteiger partial charge in [0.15, 0.2) is 0 Å². The Morgan fingerprint density at radius 1 is 1.43 bits per heavy atom. The highest BCUT2D eigenvalue weighted by Crippen LogP contribution is 2.30. The second kappa shape index (κ2) is 7.75. The van der Waals surface area contributed by atoms with E-state index in [1.54, 1.807) is 18.4 Å². The topological polar surface area (TPSA) is 37.4 Å². The van der Waals surface area contributed by atoms with Crippen molar-refractivity contribution < 1.29 is 4.74 Å². The van der Waals surface area contributed by atoms with Crippen molar-refractivity contribution in [2.24, 2.45) is 0 Å². The molecule has 1 aliphatic rings. The summed E-state index contributed by atoms with van der Waals surface area (Å²) in [6.07, 6.45) is 0. The lowest BCUT2D eigenvalue weighted by atomic mass is 10.0. The number of para-hydroxylation sites is 1. The van der Waals surface area contributed by atoms with Crippen LogP contribution in [0.5, 0.6) is 5.75 Å². The molecule has 21 heavy (non-hydrogen) atoms. The minimum absolute atomic E-state index is 0. The van der Waals surface area contributed by atoms with Crippen molar-refractivity contribution >= 4 is 23.7 Å². The number of halogens is 1. The summed E-state index contributed by atoms with van der Waals surface area (Å²) in [6.45, 7) is 3.90. The van der Waals surface area contributed by atoms with E-state index in [1.165, 1.54) is 5.56 Å². The van der Waals surface area contributed by atoms with Gasteiger partial charge in [-0.05, 0) is 6.07 Å². The van der Waals surface area contributed by atoms with Gasteiger partial charge in [0.1, 0.15) is 5.75 Å². The third-order valence-electron chi connectivity index (χ3n) is 3.70. The molecule has 6 heteroatoms. The third kappa shape index (κ3) is 3.74. The lowest BCUT2D eigenvalue weighted by Gasteiger charge is -2.36. The molecule has 114 valence electrons. The van der Waals surface area contributed by atoms with Crippen LogP contribution in [0.2, 0.25) is 0 Å². The van der Waals surface area contributed by atoms with Crippen LogP contribution in [0.4, 0.5) is 0 Å². The van der Waals surface area contributed by atoms with Crippen LogP contribution in [0.15, 0.2) is 35.2 Å². The molecule has 4 nitrogen and oxygen atoms in total. The highest BCUT2D eigenvalue weighted by molar-refractivity contribution is 7.07. The molecule has 1 fully saturated rings. The zero-order valence-electron chi connectivity index (χ0n) is 12.0. The molecule has 1 aromatic carbocycles. The fraction of sp³-hybridized carbons (Fsp3) is 0.400. The van der Waals surface area contributed by atoms with Crippen LogP contribution in [0.3, 0.4) is 0 Å². The lowest BCUT2D eigenvalue weighted by Crippen LogP contribution is -2.45. The van der Waals surface area contributed by atoms with Crippen molar-refractivity contribution in [3.63, 3.8) is 0 Å². The van der Waals surface area contributed by atoms with E-state index in [2.05, 4.69) is 32.7 Å².